The van der Waals surface area contributed by atoms with Gasteiger partial charge in [-0.25, -0.2) is 0 Å². The van der Waals surface area contributed by atoms with Crippen molar-refractivity contribution in [2.24, 2.45) is 5.92 Å². The zero-order valence-corrected chi connectivity index (χ0v) is 12.3. The second kappa shape index (κ2) is 8.10. The van der Waals surface area contributed by atoms with Crippen LogP contribution in [0, 0.1) is 5.92 Å². The summed E-state index contributed by atoms with van der Waals surface area (Å²) in [6.45, 7) is 9.53. The standard InChI is InChI=1S/C15H32N2/c1-13(2)7-5-8-14(3)16-15-9-6-11-17(4)12-10-15/h13-16H,5-12H2,1-4H3. The Morgan fingerprint density at radius 1 is 1.12 bits per heavy atom. The Bertz CT molecular complexity index is 191. The molecule has 0 aromatic carbocycles. The number of hydrogen-bond acceptors (Lipinski definition) is 2. The minimum absolute atomic E-state index is 0.696. The van der Waals surface area contributed by atoms with Crippen molar-refractivity contribution in [2.75, 3.05) is 20.1 Å². The van der Waals surface area contributed by atoms with Crippen molar-refractivity contribution < 1.29 is 0 Å². The maximum Gasteiger partial charge on any atom is 0.00821 e. The van der Waals surface area contributed by atoms with Crippen molar-refractivity contribution in [3.8, 4) is 0 Å². The molecular formula is C15H32N2. The highest BCUT2D eigenvalue weighted by atomic mass is 15.1. The zero-order valence-electron chi connectivity index (χ0n) is 12.3. The molecule has 17 heavy (non-hydrogen) atoms. The van der Waals surface area contributed by atoms with E-state index in [-0.39, 0.29) is 0 Å². The second-order valence-electron chi connectivity index (χ2n) is 6.32. The van der Waals surface area contributed by atoms with Crippen LogP contribution in [0.2, 0.25) is 0 Å². The van der Waals surface area contributed by atoms with Crippen molar-refractivity contribution in [1.82, 2.24) is 10.2 Å². The summed E-state index contributed by atoms with van der Waals surface area (Å²) in [5, 5.41) is 3.83. The number of likely N-dealkylation sites (tertiary alicyclic amines) is 1. The lowest BCUT2D eigenvalue weighted by atomic mass is 10.0. The van der Waals surface area contributed by atoms with Gasteiger partial charge in [0.1, 0.15) is 0 Å². The molecule has 0 spiro atoms. The van der Waals surface area contributed by atoms with Crippen LogP contribution in [-0.2, 0) is 0 Å². The van der Waals surface area contributed by atoms with Gasteiger partial charge in [0, 0.05) is 12.1 Å². The van der Waals surface area contributed by atoms with Gasteiger partial charge in [-0.05, 0) is 58.7 Å². The molecule has 0 saturated carbocycles. The Labute approximate surface area is 108 Å². The summed E-state index contributed by atoms with van der Waals surface area (Å²) in [7, 11) is 2.24. The van der Waals surface area contributed by atoms with Gasteiger partial charge in [-0.1, -0.05) is 26.7 Å². The fraction of sp³-hybridized carbons (Fsp3) is 1.00. The van der Waals surface area contributed by atoms with Crippen molar-refractivity contribution in [1.29, 1.82) is 0 Å². The average molecular weight is 240 g/mol. The maximum absolute atomic E-state index is 3.83. The largest absolute Gasteiger partial charge is 0.311 e. The predicted octanol–water partition coefficient (Wildman–Crippen LogP) is 3.28. The molecular weight excluding hydrogens is 208 g/mol. The van der Waals surface area contributed by atoms with Gasteiger partial charge in [-0.2, -0.15) is 0 Å². The fourth-order valence-corrected chi connectivity index (χ4v) is 2.72. The van der Waals surface area contributed by atoms with Crippen molar-refractivity contribution in [3.63, 3.8) is 0 Å². The highest BCUT2D eigenvalue weighted by molar-refractivity contribution is 4.76. The van der Waals surface area contributed by atoms with Crippen LogP contribution in [0.25, 0.3) is 0 Å². The molecule has 2 unspecified atom stereocenters. The Morgan fingerprint density at radius 3 is 2.59 bits per heavy atom. The Hall–Kier alpha value is -0.0800. The van der Waals surface area contributed by atoms with Crippen molar-refractivity contribution >= 4 is 0 Å². The van der Waals surface area contributed by atoms with Gasteiger partial charge in [0.25, 0.3) is 0 Å². The molecule has 2 heteroatoms. The van der Waals surface area contributed by atoms with Crippen LogP contribution in [0.1, 0.15) is 59.3 Å². The first-order chi connectivity index (χ1) is 8.08. The van der Waals surface area contributed by atoms with E-state index in [0.717, 1.165) is 12.0 Å². The molecule has 0 aromatic heterocycles. The molecule has 0 aliphatic carbocycles. The molecule has 1 N–H and O–H groups in total. The zero-order chi connectivity index (χ0) is 12.7. The Kier molecular flexibility index (Phi) is 7.14. The normalized spacial score (nSPS) is 24.9. The smallest absolute Gasteiger partial charge is 0.00821 e. The first kappa shape index (κ1) is 15.0. The fourth-order valence-electron chi connectivity index (χ4n) is 2.72. The summed E-state index contributed by atoms with van der Waals surface area (Å²) in [4.78, 5) is 2.46. The van der Waals surface area contributed by atoms with Crippen LogP contribution in [0.15, 0.2) is 0 Å². The molecule has 0 radical (unpaired) electrons. The second-order valence-corrected chi connectivity index (χ2v) is 6.32. The lowest BCUT2D eigenvalue weighted by molar-refractivity contribution is 0.336. The first-order valence-corrected chi connectivity index (χ1v) is 7.52. The summed E-state index contributed by atoms with van der Waals surface area (Å²) in [5.41, 5.74) is 0. The molecule has 1 heterocycles. The number of nitrogens with one attached hydrogen (secondary N) is 1. The van der Waals surface area contributed by atoms with Crippen LogP contribution < -0.4 is 5.32 Å². The molecule has 0 bridgehead atoms. The number of nitrogens with zero attached hydrogens (tertiary/aromatic N) is 1. The lowest BCUT2D eigenvalue weighted by Crippen LogP contribution is -2.37. The molecule has 2 nitrogen and oxygen atoms in total. The van der Waals surface area contributed by atoms with Crippen LogP contribution in [0.5, 0.6) is 0 Å². The van der Waals surface area contributed by atoms with E-state index in [4.69, 9.17) is 0 Å². The molecule has 0 amide bonds. The first-order valence-electron chi connectivity index (χ1n) is 7.52. The highest BCUT2D eigenvalue weighted by Crippen LogP contribution is 2.13. The summed E-state index contributed by atoms with van der Waals surface area (Å²) < 4.78 is 0. The number of rotatable bonds is 6. The predicted molar refractivity (Wildman–Crippen MR) is 76.4 cm³/mol. The summed E-state index contributed by atoms with van der Waals surface area (Å²) in [6.07, 6.45) is 8.12. The van der Waals surface area contributed by atoms with Gasteiger partial charge in [0.2, 0.25) is 0 Å². The topological polar surface area (TPSA) is 15.3 Å². The maximum atomic E-state index is 3.83. The van der Waals surface area contributed by atoms with E-state index >= 15 is 0 Å². The van der Waals surface area contributed by atoms with Gasteiger partial charge in [-0.3, -0.25) is 0 Å². The van der Waals surface area contributed by atoms with Crippen LogP contribution >= 0.6 is 0 Å². The third-order valence-electron chi connectivity index (χ3n) is 3.89. The summed E-state index contributed by atoms with van der Waals surface area (Å²) in [5.74, 6) is 0.855. The van der Waals surface area contributed by atoms with Gasteiger partial charge < -0.3 is 10.2 Å². The average Bonchev–Trinajstić information content (AvgIpc) is 2.43. The third kappa shape index (κ3) is 7.05. The molecule has 102 valence electrons. The van der Waals surface area contributed by atoms with Crippen LogP contribution in [-0.4, -0.2) is 37.1 Å². The van der Waals surface area contributed by atoms with Gasteiger partial charge in [0.15, 0.2) is 0 Å². The van der Waals surface area contributed by atoms with Gasteiger partial charge in [0.05, 0.1) is 0 Å². The minimum atomic E-state index is 0.696. The molecule has 1 fully saturated rings. The lowest BCUT2D eigenvalue weighted by Gasteiger charge is -2.22. The van der Waals surface area contributed by atoms with Crippen molar-refractivity contribution in [2.45, 2.75) is 71.4 Å². The van der Waals surface area contributed by atoms with E-state index in [0.29, 0.717) is 6.04 Å². The van der Waals surface area contributed by atoms with Gasteiger partial charge in [-0.15, -0.1) is 0 Å². The molecule has 1 saturated heterocycles. The van der Waals surface area contributed by atoms with E-state index in [9.17, 15) is 0 Å². The SMILES string of the molecule is CC(C)CCCC(C)NC1CCCN(C)CC1. The van der Waals surface area contributed by atoms with Crippen LogP contribution in [0.4, 0.5) is 0 Å². The summed E-state index contributed by atoms with van der Waals surface area (Å²) in [6, 6.07) is 1.45. The molecule has 1 rings (SSSR count). The minimum Gasteiger partial charge on any atom is -0.311 e. The monoisotopic (exact) mass is 240 g/mol. The Balaban J connectivity index is 2.14. The van der Waals surface area contributed by atoms with Gasteiger partial charge >= 0.3 is 0 Å². The van der Waals surface area contributed by atoms with E-state index in [1.807, 2.05) is 0 Å². The number of hydrogen-bond donors (Lipinski definition) is 1. The van der Waals surface area contributed by atoms with E-state index in [1.165, 1.54) is 51.6 Å². The summed E-state index contributed by atoms with van der Waals surface area (Å²) >= 11 is 0. The third-order valence-corrected chi connectivity index (χ3v) is 3.89. The highest BCUT2D eigenvalue weighted by Gasteiger charge is 2.16. The van der Waals surface area contributed by atoms with E-state index in [1.54, 1.807) is 0 Å². The molecule has 2 atom stereocenters. The van der Waals surface area contributed by atoms with E-state index < -0.39 is 0 Å². The molecule has 1 aliphatic heterocycles. The quantitative estimate of drug-likeness (QED) is 0.766. The Morgan fingerprint density at radius 2 is 1.88 bits per heavy atom. The van der Waals surface area contributed by atoms with Crippen molar-refractivity contribution in [3.05, 3.63) is 0 Å². The molecule has 1 aliphatic rings. The van der Waals surface area contributed by atoms with E-state index in [2.05, 4.69) is 38.0 Å². The van der Waals surface area contributed by atoms with Crippen LogP contribution in [0.3, 0.4) is 0 Å². The molecule has 0 aromatic rings.